The lowest BCUT2D eigenvalue weighted by Gasteiger charge is -2.17. The second-order valence-corrected chi connectivity index (χ2v) is 8.07. The zero-order valence-corrected chi connectivity index (χ0v) is 18.8. The van der Waals surface area contributed by atoms with E-state index in [0.29, 0.717) is 13.2 Å². The van der Waals surface area contributed by atoms with Gasteiger partial charge < -0.3 is 19.5 Å². The molecule has 164 valence electrons. The number of aryl methyl sites for hydroxylation is 1. The molecule has 2 aromatic heterocycles. The van der Waals surface area contributed by atoms with E-state index < -0.39 is 0 Å². The molecular formula is C24H31N5O2. The molecule has 1 saturated heterocycles. The molecule has 0 spiro atoms. The third-order valence-corrected chi connectivity index (χ3v) is 5.73. The fraction of sp³-hybridized carbons (Fsp3) is 0.458. The van der Waals surface area contributed by atoms with Gasteiger partial charge in [0.15, 0.2) is 0 Å². The molecule has 1 aliphatic heterocycles. The highest BCUT2D eigenvalue weighted by atomic mass is 16.5. The number of anilines is 1. The number of rotatable bonds is 8. The summed E-state index contributed by atoms with van der Waals surface area (Å²) in [5, 5.41) is 12.4. The molecule has 0 aliphatic carbocycles. The number of nitrogens with one attached hydrogen (secondary N) is 1. The molecule has 2 aromatic rings. The number of hydrogen-bond acceptors (Lipinski definition) is 5. The number of amides is 1. The Labute approximate surface area is 184 Å². The van der Waals surface area contributed by atoms with Crippen LogP contribution in [-0.4, -0.2) is 42.3 Å². The first-order chi connectivity index (χ1) is 14.9. The summed E-state index contributed by atoms with van der Waals surface area (Å²) in [5.74, 6) is 0.587. The van der Waals surface area contributed by atoms with Crippen molar-refractivity contribution in [1.82, 2.24) is 14.9 Å². The van der Waals surface area contributed by atoms with Gasteiger partial charge in [-0.15, -0.1) is 0 Å². The molecule has 0 saturated carbocycles. The number of methoxy groups -OCH3 is 1. The van der Waals surface area contributed by atoms with E-state index in [1.54, 1.807) is 19.4 Å². The van der Waals surface area contributed by atoms with Gasteiger partial charge in [0, 0.05) is 44.3 Å². The van der Waals surface area contributed by atoms with Crippen LogP contribution in [0.4, 0.5) is 5.82 Å². The topological polar surface area (TPSA) is 83.2 Å². The zero-order valence-electron chi connectivity index (χ0n) is 18.8. The van der Waals surface area contributed by atoms with Crippen LogP contribution >= 0.6 is 0 Å². The second-order valence-electron chi connectivity index (χ2n) is 8.07. The maximum atomic E-state index is 12.6. The van der Waals surface area contributed by atoms with E-state index in [2.05, 4.69) is 26.7 Å². The number of ether oxygens (including phenoxy) is 1. The SMILES string of the molecule is COCC(C)n1c(C)cc(/C=C(\C#N)C(=O)NCc2ccc(N3CCCC3)nc2)c1C. The van der Waals surface area contributed by atoms with E-state index in [-0.39, 0.29) is 17.5 Å². The number of carbonyl (C=O) groups excluding carboxylic acids is 1. The van der Waals surface area contributed by atoms with Crippen molar-refractivity contribution in [3.8, 4) is 6.07 Å². The van der Waals surface area contributed by atoms with Gasteiger partial charge in [-0.05, 0) is 62.9 Å². The molecule has 1 aliphatic rings. The maximum Gasteiger partial charge on any atom is 0.262 e. The van der Waals surface area contributed by atoms with Gasteiger partial charge in [0.25, 0.3) is 5.91 Å². The highest BCUT2D eigenvalue weighted by Gasteiger charge is 2.16. The standard InChI is InChI=1S/C24H31N5O2/c1-17-11-21(19(3)29(17)18(2)16-31-4)12-22(13-25)24(30)27-15-20-7-8-23(26-14-20)28-9-5-6-10-28/h7-8,11-12,14,18H,5-6,9-10,15-16H2,1-4H3,(H,27,30)/b22-12+. The van der Waals surface area contributed by atoms with Crippen LogP contribution in [0.15, 0.2) is 30.0 Å². The molecule has 1 unspecified atom stereocenters. The summed E-state index contributed by atoms with van der Waals surface area (Å²) in [4.78, 5) is 19.4. The summed E-state index contributed by atoms with van der Waals surface area (Å²) >= 11 is 0. The molecular weight excluding hydrogens is 390 g/mol. The van der Waals surface area contributed by atoms with Crippen LogP contribution in [0.5, 0.6) is 0 Å². The van der Waals surface area contributed by atoms with Gasteiger partial charge in [0.2, 0.25) is 0 Å². The van der Waals surface area contributed by atoms with Crippen LogP contribution in [0.3, 0.4) is 0 Å². The summed E-state index contributed by atoms with van der Waals surface area (Å²) in [6, 6.07) is 8.16. The Bertz CT molecular complexity index is 979. The molecule has 1 amide bonds. The summed E-state index contributed by atoms with van der Waals surface area (Å²) in [6.45, 7) is 9.10. The smallest absolute Gasteiger partial charge is 0.262 e. The first-order valence-electron chi connectivity index (χ1n) is 10.7. The minimum absolute atomic E-state index is 0.0845. The Morgan fingerprint density at radius 3 is 2.71 bits per heavy atom. The molecule has 1 atom stereocenters. The molecule has 0 radical (unpaired) electrons. The lowest BCUT2D eigenvalue weighted by molar-refractivity contribution is -0.117. The molecule has 7 nitrogen and oxygen atoms in total. The van der Waals surface area contributed by atoms with E-state index in [9.17, 15) is 10.1 Å². The third kappa shape index (κ3) is 5.33. The molecule has 3 rings (SSSR count). The van der Waals surface area contributed by atoms with Crippen molar-refractivity contribution in [3.63, 3.8) is 0 Å². The van der Waals surface area contributed by atoms with Crippen molar-refractivity contribution < 1.29 is 9.53 Å². The number of pyridine rings is 1. The molecule has 0 aromatic carbocycles. The number of hydrogen-bond donors (Lipinski definition) is 1. The van der Waals surface area contributed by atoms with Crippen molar-refractivity contribution in [2.45, 2.75) is 46.2 Å². The Hall–Kier alpha value is -3.11. The average molecular weight is 422 g/mol. The van der Waals surface area contributed by atoms with Crippen molar-refractivity contribution in [2.24, 2.45) is 0 Å². The Balaban J connectivity index is 1.67. The summed E-state index contributed by atoms with van der Waals surface area (Å²) in [7, 11) is 1.68. The molecule has 7 heteroatoms. The van der Waals surface area contributed by atoms with E-state index in [1.807, 2.05) is 38.1 Å². The maximum absolute atomic E-state index is 12.6. The molecule has 3 heterocycles. The van der Waals surface area contributed by atoms with Crippen LogP contribution in [0.25, 0.3) is 6.08 Å². The first-order valence-corrected chi connectivity index (χ1v) is 10.7. The van der Waals surface area contributed by atoms with Crippen molar-refractivity contribution >= 4 is 17.8 Å². The highest BCUT2D eigenvalue weighted by molar-refractivity contribution is 6.01. The monoisotopic (exact) mass is 421 g/mol. The molecule has 1 N–H and O–H groups in total. The van der Waals surface area contributed by atoms with Gasteiger partial charge in [-0.25, -0.2) is 4.98 Å². The minimum Gasteiger partial charge on any atom is -0.383 e. The summed E-state index contributed by atoms with van der Waals surface area (Å²) < 4.78 is 7.43. The van der Waals surface area contributed by atoms with E-state index >= 15 is 0 Å². The van der Waals surface area contributed by atoms with Gasteiger partial charge in [-0.1, -0.05) is 6.07 Å². The lowest BCUT2D eigenvalue weighted by Crippen LogP contribution is -2.24. The Kier molecular flexibility index (Phi) is 7.48. The van der Waals surface area contributed by atoms with E-state index in [1.165, 1.54) is 12.8 Å². The molecule has 1 fully saturated rings. The predicted molar refractivity (Wildman–Crippen MR) is 122 cm³/mol. The number of nitrogens with zero attached hydrogens (tertiary/aromatic N) is 4. The van der Waals surface area contributed by atoms with Gasteiger partial charge >= 0.3 is 0 Å². The average Bonchev–Trinajstić information content (AvgIpc) is 3.39. The van der Waals surface area contributed by atoms with Crippen LogP contribution in [-0.2, 0) is 16.1 Å². The van der Waals surface area contributed by atoms with Gasteiger partial charge in [-0.3, -0.25) is 4.79 Å². The van der Waals surface area contributed by atoms with Crippen molar-refractivity contribution in [3.05, 3.63) is 52.5 Å². The lowest BCUT2D eigenvalue weighted by atomic mass is 10.1. The normalized spacial score (nSPS) is 15.1. The fourth-order valence-corrected chi connectivity index (χ4v) is 4.18. The second kappa shape index (κ2) is 10.3. The van der Waals surface area contributed by atoms with Crippen LogP contribution in [0, 0.1) is 25.2 Å². The van der Waals surface area contributed by atoms with Crippen LogP contribution in [0.2, 0.25) is 0 Å². The first kappa shape index (κ1) is 22.6. The molecule has 31 heavy (non-hydrogen) atoms. The van der Waals surface area contributed by atoms with Crippen LogP contribution in [0.1, 0.15) is 48.3 Å². The fourth-order valence-electron chi connectivity index (χ4n) is 4.18. The minimum atomic E-state index is -0.388. The van der Waals surface area contributed by atoms with Crippen LogP contribution < -0.4 is 10.2 Å². The molecule has 0 bridgehead atoms. The Morgan fingerprint density at radius 1 is 1.35 bits per heavy atom. The summed E-state index contributed by atoms with van der Waals surface area (Å²) in [5.41, 5.74) is 3.92. The van der Waals surface area contributed by atoms with Crippen molar-refractivity contribution in [1.29, 1.82) is 5.26 Å². The predicted octanol–water partition coefficient (Wildman–Crippen LogP) is 3.53. The number of carbonyl (C=O) groups is 1. The summed E-state index contributed by atoms with van der Waals surface area (Å²) in [6.07, 6.45) is 5.85. The van der Waals surface area contributed by atoms with E-state index in [4.69, 9.17) is 4.74 Å². The largest absolute Gasteiger partial charge is 0.383 e. The van der Waals surface area contributed by atoms with Gasteiger partial charge in [-0.2, -0.15) is 5.26 Å². The van der Waals surface area contributed by atoms with Crippen molar-refractivity contribution in [2.75, 3.05) is 31.7 Å². The van der Waals surface area contributed by atoms with E-state index in [0.717, 1.165) is 41.4 Å². The van der Waals surface area contributed by atoms with Gasteiger partial charge in [0.05, 0.1) is 12.6 Å². The zero-order chi connectivity index (χ0) is 22.4. The van der Waals surface area contributed by atoms with Gasteiger partial charge in [0.1, 0.15) is 17.5 Å². The number of aromatic nitrogens is 2. The Morgan fingerprint density at radius 2 is 2.10 bits per heavy atom. The highest BCUT2D eigenvalue weighted by Crippen LogP contribution is 2.23. The third-order valence-electron chi connectivity index (χ3n) is 5.73. The number of nitriles is 1. The quantitative estimate of drug-likeness (QED) is 0.521.